The van der Waals surface area contributed by atoms with Gasteiger partial charge in [-0.3, -0.25) is 0 Å². The second-order valence-electron chi connectivity index (χ2n) is 4.13. The van der Waals surface area contributed by atoms with E-state index in [-0.39, 0.29) is 0 Å². The highest BCUT2D eigenvalue weighted by atomic mass is 15.4. The maximum atomic E-state index is 5.37. The van der Waals surface area contributed by atoms with Crippen LogP contribution in [0.15, 0.2) is 0 Å². The van der Waals surface area contributed by atoms with E-state index in [4.69, 9.17) is 6.42 Å². The predicted octanol–water partition coefficient (Wildman–Crippen LogP) is 2.03. The number of nitrogens with zero attached hydrogens (tertiary/aromatic N) is 1. The van der Waals surface area contributed by atoms with Crippen LogP contribution in [-0.4, -0.2) is 30.7 Å². The molecule has 0 aromatic carbocycles. The lowest BCUT2D eigenvalue weighted by molar-refractivity contribution is -0.920. The third kappa shape index (κ3) is 1.81. The van der Waals surface area contributed by atoms with E-state index >= 15 is 0 Å². The summed E-state index contributed by atoms with van der Waals surface area (Å²) in [6, 6.07) is 0.745. The van der Waals surface area contributed by atoms with Crippen molar-refractivity contribution in [2.24, 2.45) is 0 Å². The van der Waals surface area contributed by atoms with Gasteiger partial charge < -0.3 is 4.48 Å². The van der Waals surface area contributed by atoms with Gasteiger partial charge in [0.05, 0.1) is 26.6 Å². The second-order valence-corrected chi connectivity index (χ2v) is 4.13. The van der Waals surface area contributed by atoms with Gasteiger partial charge >= 0.3 is 0 Å². The van der Waals surface area contributed by atoms with Gasteiger partial charge in [-0.05, 0) is 6.42 Å². The highest BCUT2D eigenvalue weighted by Gasteiger charge is 2.36. The SMILES string of the molecule is C#CCC1CCC[N+]1(C)CCC. The highest BCUT2D eigenvalue weighted by molar-refractivity contribution is 4.89. The lowest BCUT2D eigenvalue weighted by Crippen LogP contribution is -2.48. The highest BCUT2D eigenvalue weighted by Crippen LogP contribution is 2.26. The Labute approximate surface area is 76.4 Å². The molecule has 0 N–H and O–H groups in total. The molecule has 1 fully saturated rings. The molecule has 1 aliphatic rings. The van der Waals surface area contributed by atoms with Crippen LogP contribution in [0.25, 0.3) is 0 Å². The minimum atomic E-state index is 0.745. The number of rotatable bonds is 3. The van der Waals surface area contributed by atoms with Crippen molar-refractivity contribution in [3.05, 3.63) is 0 Å². The maximum Gasteiger partial charge on any atom is 0.100 e. The fraction of sp³-hybridized carbons (Fsp3) is 0.818. The van der Waals surface area contributed by atoms with Gasteiger partial charge in [0, 0.05) is 12.8 Å². The normalized spacial score (nSPS) is 34.9. The van der Waals surface area contributed by atoms with E-state index in [2.05, 4.69) is 19.9 Å². The van der Waals surface area contributed by atoms with Crippen molar-refractivity contribution >= 4 is 0 Å². The summed E-state index contributed by atoms with van der Waals surface area (Å²) < 4.78 is 1.22. The minimum Gasteiger partial charge on any atom is -0.323 e. The maximum absolute atomic E-state index is 5.37. The van der Waals surface area contributed by atoms with Crippen molar-refractivity contribution in [2.45, 2.75) is 38.6 Å². The van der Waals surface area contributed by atoms with Crippen molar-refractivity contribution in [3.8, 4) is 12.3 Å². The Hall–Kier alpha value is -0.480. The smallest absolute Gasteiger partial charge is 0.100 e. The van der Waals surface area contributed by atoms with Crippen LogP contribution < -0.4 is 0 Å². The average Bonchev–Trinajstić information content (AvgIpc) is 2.35. The molecular weight excluding hydrogens is 146 g/mol. The van der Waals surface area contributed by atoms with E-state index in [0.29, 0.717) is 0 Å². The Morgan fingerprint density at radius 3 is 2.92 bits per heavy atom. The largest absolute Gasteiger partial charge is 0.323 e. The van der Waals surface area contributed by atoms with E-state index in [1.54, 1.807) is 0 Å². The molecule has 0 aliphatic carbocycles. The molecule has 2 atom stereocenters. The molecule has 0 radical (unpaired) electrons. The number of likely N-dealkylation sites (tertiary alicyclic amines) is 1. The standard InChI is InChI=1S/C11H20N/c1-4-7-11-8-6-10-12(11,3)9-5-2/h1,11H,5-10H2,2-3H3/q+1. The quantitative estimate of drug-likeness (QED) is 0.444. The number of terminal acetylenes is 1. The summed E-state index contributed by atoms with van der Waals surface area (Å²) in [4.78, 5) is 0. The lowest BCUT2D eigenvalue weighted by atomic mass is 10.1. The molecule has 0 bridgehead atoms. The van der Waals surface area contributed by atoms with Crippen LogP contribution in [0.3, 0.4) is 0 Å². The van der Waals surface area contributed by atoms with Gasteiger partial charge in [0.1, 0.15) is 6.04 Å². The van der Waals surface area contributed by atoms with Gasteiger partial charge in [-0.15, -0.1) is 12.3 Å². The van der Waals surface area contributed by atoms with Crippen molar-refractivity contribution in [2.75, 3.05) is 20.1 Å². The third-order valence-corrected chi connectivity index (χ3v) is 3.18. The van der Waals surface area contributed by atoms with Gasteiger partial charge in [0.25, 0.3) is 0 Å². The molecule has 1 nitrogen and oxygen atoms in total. The van der Waals surface area contributed by atoms with Gasteiger partial charge in [0.2, 0.25) is 0 Å². The molecule has 2 unspecified atom stereocenters. The molecule has 0 amide bonds. The molecule has 1 heteroatoms. The van der Waals surface area contributed by atoms with Gasteiger partial charge in [0.15, 0.2) is 0 Å². The summed E-state index contributed by atoms with van der Waals surface area (Å²) >= 11 is 0. The van der Waals surface area contributed by atoms with Gasteiger partial charge in [-0.1, -0.05) is 6.92 Å². The van der Waals surface area contributed by atoms with Crippen LogP contribution in [0.1, 0.15) is 32.6 Å². The third-order valence-electron chi connectivity index (χ3n) is 3.18. The average molecular weight is 166 g/mol. The van der Waals surface area contributed by atoms with E-state index < -0.39 is 0 Å². The monoisotopic (exact) mass is 166 g/mol. The fourth-order valence-corrected chi connectivity index (χ4v) is 2.45. The zero-order valence-electron chi connectivity index (χ0n) is 8.34. The number of hydrogen-bond donors (Lipinski definition) is 0. The second kappa shape index (κ2) is 3.96. The Kier molecular flexibility index (Phi) is 3.17. The first-order valence-corrected chi connectivity index (χ1v) is 5.00. The van der Waals surface area contributed by atoms with E-state index in [9.17, 15) is 0 Å². The molecule has 1 saturated heterocycles. The molecule has 12 heavy (non-hydrogen) atoms. The number of quaternary nitrogens is 1. The van der Waals surface area contributed by atoms with Crippen LogP contribution in [-0.2, 0) is 0 Å². The van der Waals surface area contributed by atoms with Crippen LogP contribution in [0, 0.1) is 12.3 Å². The van der Waals surface area contributed by atoms with Crippen LogP contribution in [0.5, 0.6) is 0 Å². The Bertz CT molecular complexity index is 180. The zero-order valence-corrected chi connectivity index (χ0v) is 8.34. The Balaban J connectivity index is 2.55. The molecule has 0 aromatic heterocycles. The summed E-state index contributed by atoms with van der Waals surface area (Å²) in [5.41, 5.74) is 0. The first kappa shape index (κ1) is 9.61. The molecule has 1 rings (SSSR count). The van der Waals surface area contributed by atoms with Crippen molar-refractivity contribution in [1.29, 1.82) is 0 Å². The molecule has 0 saturated carbocycles. The van der Waals surface area contributed by atoms with Crippen molar-refractivity contribution in [3.63, 3.8) is 0 Å². The Morgan fingerprint density at radius 2 is 2.33 bits per heavy atom. The predicted molar refractivity (Wildman–Crippen MR) is 52.7 cm³/mol. The summed E-state index contributed by atoms with van der Waals surface area (Å²) in [6.45, 7) is 4.89. The molecular formula is C11H20N+. The van der Waals surface area contributed by atoms with Crippen LogP contribution >= 0.6 is 0 Å². The van der Waals surface area contributed by atoms with E-state index in [0.717, 1.165) is 12.5 Å². The van der Waals surface area contributed by atoms with Crippen LogP contribution in [0.4, 0.5) is 0 Å². The summed E-state index contributed by atoms with van der Waals surface area (Å²) in [5, 5.41) is 0. The summed E-state index contributed by atoms with van der Waals surface area (Å²) in [5.74, 6) is 2.81. The van der Waals surface area contributed by atoms with Gasteiger partial charge in [-0.2, -0.15) is 0 Å². The number of hydrogen-bond acceptors (Lipinski definition) is 0. The topological polar surface area (TPSA) is 0 Å². The van der Waals surface area contributed by atoms with E-state index in [1.807, 2.05) is 0 Å². The molecule has 0 spiro atoms. The van der Waals surface area contributed by atoms with Crippen LogP contribution in [0.2, 0.25) is 0 Å². The van der Waals surface area contributed by atoms with Gasteiger partial charge in [-0.25, -0.2) is 0 Å². The molecule has 1 heterocycles. The molecule has 68 valence electrons. The lowest BCUT2D eigenvalue weighted by Gasteiger charge is -2.35. The first-order chi connectivity index (χ1) is 5.73. The molecule has 0 aromatic rings. The fourth-order valence-electron chi connectivity index (χ4n) is 2.45. The first-order valence-electron chi connectivity index (χ1n) is 5.00. The summed E-state index contributed by atoms with van der Waals surface area (Å²) in [6.07, 6.45) is 10.3. The molecule has 1 aliphatic heterocycles. The van der Waals surface area contributed by atoms with Crippen molar-refractivity contribution < 1.29 is 4.48 Å². The summed E-state index contributed by atoms with van der Waals surface area (Å²) in [7, 11) is 2.36. The van der Waals surface area contributed by atoms with Crippen molar-refractivity contribution in [1.82, 2.24) is 0 Å². The zero-order chi connectivity index (χ0) is 9.03. The Morgan fingerprint density at radius 1 is 1.58 bits per heavy atom. The van der Waals surface area contributed by atoms with E-state index in [1.165, 1.54) is 36.8 Å². The minimum absolute atomic E-state index is 0.745.